The number of aromatic nitrogens is 1. The Morgan fingerprint density at radius 3 is 2.94 bits per heavy atom. The van der Waals surface area contributed by atoms with Gasteiger partial charge in [0.05, 0.1) is 5.69 Å². The van der Waals surface area contributed by atoms with Crippen LogP contribution >= 0.6 is 15.9 Å². The van der Waals surface area contributed by atoms with E-state index in [0.29, 0.717) is 11.9 Å². The maximum atomic E-state index is 5.47. The highest BCUT2D eigenvalue weighted by Crippen LogP contribution is 2.22. The molecule has 0 aliphatic heterocycles. The van der Waals surface area contributed by atoms with Crippen molar-refractivity contribution in [2.75, 3.05) is 0 Å². The number of hydrogen-bond acceptors (Lipinski definition) is 3. The molecule has 17 heavy (non-hydrogen) atoms. The predicted molar refractivity (Wildman–Crippen MR) is 71.6 cm³/mol. The van der Waals surface area contributed by atoms with Crippen LogP contribution in [0.1, 0.15) is 19.5 Å². The summed E-state index contributed by atoms with van der Waals surface area (Å²) < 4.78 is 6.49. The van der Waals surface area contributed by atoms with Crippen molar-refractivity contribution in [3.05, 3.63) is 40.7 Å². The Morgan fingerprint density at radius 1 is 1.41 bits per heavy atom. The van der Waals surface area contributed by atoms with Crippen LogP contribution in [0.4, 0.5) is 0 Å². The van der Waals surface area contributed by atoms with Crippen molar-refractivity contribution in [3.8, 4) is 11.5 Å². The summed E-state index contributed by atoms with van der Waals surface area (Å²) >= 11 is 3.43. The highest BCUT2D eigenvalue weighted by molar-refractivity contribution is 9.10. The first-order valence-electron chi connectivity index (χ1n) is 5.59. The van der Waals surface area contributed by atoms with E-state index in [1.54, 1.807) is 6.26 Å². The number of nitrogens with one attached hydrogen (secondary N) is 1. The molecule has 1 heterocycles. The van der Waals surface area contributed by atoms with Crippen molar-refractivity contribution < 1.29 is 4.42 Å². The highest BCUT2D eigenvalue weighted by Gasteiger charge is 2.07. The van der Waals surface area contributed by atoms with Crippen LogP contribution in [0.15, 0.2) is 39.4 Å². The van der Waals surface area contributed by atoms with Gasteiger partial charge in [-0.25, -0.2) is 4.98 Å². The number of hydrogen-bond donors (Lipinski definition) is 1. The molecule has 4 heteroatoms. The predicted octanol–water partition coefficient (Wildman–Crippen LogP) is 3.60. The number of halogens is 1. The van der Waals surface area contributed by atoms with E-state index < -0.39 is 0 Å². The summed E-state index contributed by atoms with van der Waals surface area (Å²) in [5.74, 6) is 0.659. The fourth-order valence-corrected chi connectivity index (χ4v) is 1.85. The van der Waals surface area contributed by atoms with Gasteiger partial charge < -0.3 is 9.73 Å². The van der Waals surface area contributed by atoms with E-state index in [1.807, 2.05) is 24.3 Å². The summed E-state index contributed by atoms with van der Waals surface area (Å²) in [5.41, 5.74) is 1.91. The van der Waals surface area contributed by atoms with Crippen LogP contribution in [0, 0.1) is 0 Å². The third kappa shape index (κ3) is 3.41. The topological polar surface area (TPSA) is 38.1 Å². The summed E-state index contributed by atoms with van der Waals surface area (Å²) in [6, 6.07) is 8.37. The van der Waals surface area contributed by atoms with E-state index in [9.17, 15) is 0 Å². The van der Waals surface area contributed by atoms with Gasteiger partial charge in [0.15, 0.2) is 0 Å². The van der Waals surface area contributed by atoms with Gasteiger partial charge in [-0.1, -0.05) is 35.8 Å². The lowest BCUT2D eigenvalue weighted by Crippen LogP contribution is -2.21. The summed E-state index contributed by atoms with van der Waals surface area (Å²) in [7, 11) is 0. The Balaban J connectivity index is 2.12. The fraction of sp³-hybridized carbons (Fsp3) is 0.308. The number of oxazole rings is 1. The molecule has 1 aromatic carbocycles. The molecule has 2 aromatic rings. The van der Waals surface area contributed by atoms with Crippen molar-refractivity contribution in [1.29, 1.82) is 0 Å². The lowest BCUT2D eigenvalue weighted by molar-refractivity contribution is 0.560. The second-order valence-electron chi connectivity index (χ2n) is 4.19. The van der Waals surface area contributed by atoms with E-state index in [1.165, 1.54) is 0 Å². The minimum atomic E-state index is 0.445. The minimum Gasteiger partial charge on any atom is -0.444 e. The second-order valence-corrected chi connectivity index (χ2v) is 5.11. The lowest BCUT2D eigenvalue weighted by atomic mass is 10.2. The van der Waals surface area contributed by atoms with Gasteiger partial charge in [-0.05, 0) is 18.2 Å². The Morgan fingerprint density at radius 2 is 2.24 bits per heavy atom. The molecule has 0 aliphatic rings. The first kappa shape index (κ1) is 12.3. The normalized spacial score (nSPS) is 11.1. The van der Waals surface area contributed by atoms with Crippen molar-refractivity contribution >= 4 is 15.9 Å². The Labute approximate surface area is 109 Å². The Kier molecular flexibility index (Phi) is 3.97. The van der Waals surface area contributed by atoms with Gasteiger partial charge in [-0.3, -0.25) is 0 Å². The van der Waals surface area contributed by atoms with E-state index in [-0.39, 0.29) is 0 Å². The molecule has 0 unspecified atom stereocenters. The first-order valence-corrected chi connectivity index (χ1v) is 6.38. The van der Waals surface area contributed by atoms with Crippen LogP contribution in [0.5, 0.6) is 0 Å². The number of nitrogens with zero attached hydrogens (tertiary/aromatic N) is 1. The van der Waals surface area contributed by atoms with Gasteiger partial charge in [0.2, 0.25) is 5.89 Å². The van der Waals surface area contributed by atoms with E-state index >= 15 is 0 Å². The Bertz CT molecular complexity index is 494. The summed E-state index contributed by atoms with van der Waals surface area (Å²) in [5, 5.41) is 3.31. The van der Waals surface area contributed by atoms with Gasteiger partial charge in [0.25, 0.3) is 0 Å². The first-order chi connectivity index (χ1) is 8.15. The van der Waals surface area contributed by atoms with Gasteiger partial charge in [-0.2, -0.15) is 0 Å². The molecule has 0 fully saturated rings. The smallest absolute Gasteiger partial charge is 0.226 e. The average Bonchev–Trinajstić information content (AvgIpc) is 2.75. The summed E-state index contributed by atoms with van der Waals surface area (Å²) in [6.07, 6.45) is 1.70. The average molecular weight is 295 g/mol. The Hall–Kier alpha value is -1.13. The summed E-state index contributed by atoms with van der Waals surface area (Å²) in [6.45, 7) is 4.94. The van der Waals surface area contributed by atoms with Crippen LogP contribution in [-0.4, -0.2) is 11.0 Å². The number of rotatable bonds is 4. The standard InChI is InChI=1S/C13H15BrN2O/c1-9(2)15-7-12-8-17-13(16-12)10-4-3-5-11(14)6-10/h3-6,8-9,15H,7H2,1-2H3. The molecule has 0 bridgehead atoms. The SMILES string of the molecule is CC(C)NCc1coc(-c2cccc(Br)c2)n1. The monoisotopic (exact) mass is 294 g/mol. The van der Waals surface area contributed by atoms with Crippen LogP contribution in [0.25, 0.3) is 11.5 Å². The van der Waals surface area contributed by atoms with E-state index in [2.05, 4.69) is 40.1 Å². The largest absolute Gasteiger partial charge is 0.444 e. The van der Waals surface area contributed by atoms with Crippen LogP contribution in [0.3, 0.4) is 0 Å². The molecular weight excluding hydrogens is 280 g/mol. The minimum absolute atomic E-state index is 0.445. The maximum absolute atomic E-state index is 5.47. The molecule has 2 rings (SSSR count). The zero-order valence-electron chi connectivity index (χ0n) is 9.90. The van der Waals surface area contributed by atoms with E-state index in [4.69, 9.17) is 4.42 Å². The third-order valence-electron chi connectivity index (χ3n) is 2.31. The van der Waals surface area contributed by atoms with Crippen LogP contribution in [-0.2, 0) is 6.54 Å². The molecule has 0 aliphatic carbocycles. The highest BCUT2D eigenvalue weighted by atomic mass is 79.9. The molecule has 0 radical (unpaired) electrons. The molecule has 0 saturated heterocycles. The van der Waals surface area contributed by atoms with Gasteiger partial charge >= 0.3 is 0 Å². The molecule has 3 nitrogen and oxygen atoms in total. The van der Waals surface area contributed by atoms with Gasteiger partial charge in [0.1, 0.15) is 6.26 Å². The second kappa shape index (κ2) is 5.47. The van der Waals surface area contributed by atoms with Crippen LogP contribution in [0.2, 0.25) is 0 Å². The van der Waals surface area contributed by atoms with Crippen molar-refractivity contribution in [2.24, 2.45) is 0 Å². The molecule has 0 amide bonds. The number of benzene rings is 1. The molecule has 1 N–H and O–H groups in total. The van der Waals surface area contributed by atoms with Crippen molar-refractivity contribution in [1.82, 2.24) is 10.3 Å². The zero-order valence-corrected chi connectivity index (χ0v) is 11.5. The third-order valence-corrected chi connectivity index (χ3v) is 2.81. The zero-order chi connectivity index (χ0) is 12.3. The maximum Gasteiger partial charge on any atom is 0.226 e. The lowest BCUT2D eigenvalue weighted by Gasteiger charge is -2.04. The molecule has 0 spiro atoms. The molecular formula is C13H15BrN2O. The molecule has 1 aromatic heterocycles. The van der Waals surface area contributed by atoms with Gasteiger partial charge in [-0.15, -0.1) is 0 Å². The fourth-order valence-electron chi connectivity index (χ4n) is 1.45. The van der Waals surface area contributed by atoms with Crippen LogP contribution < -0.4 is 5.32 Å². The molecule has 90 valence electrons. The molecule has 0 atom stereocenters. The molecule has 0 saturated carbocycles. The van der Waals surface area contributed by atoms with Gasteiger partial charge in [0, 0.05) is 22.6 Å². The van der Waals surface area contributed by atoms with E-state index in [0.717, 1.165) is 22.3 Å². The quantitative estimate of drug-likeness (QED) is 0.936. The summed E-state index contributed by atoms with van der Waals surface area (Å²) in [4.78, 5) is 4.44. The van der Waals surface area contributed by atoms with Crippen molar-refractivity contribution in [3.63, 3.8) is 0 Å². The van der Waals surface area contributed by atoms with Crippen molar-refractivity contribution in [2.45, 2.75) is 26.4 Å².